The summed E-state index contributed by atoms with van der Waals surface area (Å²) in [5, 5.41) is 0. The van der Waals surface area contributed by atoms with Gasteiger partial charge in [-0.3, -0.25) is 0 Å². The van der Waals surface area contributed by atoms with Crippen LogP contribution in [0.15, 0.2) is 97.1 Å². The Morgan fingerprint density at radius 1 is 0.385 bits per heavy atom. The first kappa shape index (κ1) is 25.4. The molecule has 0 saturated carbocycles. The van der Waals surface area contributed by atoms with Gasteiger partial charge in [-0.15, -0.1) is 0 Å². The fourth-order valence-electron chi connectivity index (χ4n) is 7.12. The second-order valence-corrected chi connectivity index (χ2v) is 12.5. The van der Waals surface area contributed by atoms with Gasteiger partial charge in [0.15, 0.2) is 0 Å². The largest absolute Gasteiger partial charge is 0.0776 e. The average molecular weight is 507 g/mol. The first-order valence-electron chi connectivity index (χ1n) is 13.8. The minimum atomic E-state index is -0.0538. The van der Waals surface area contributed by atoms with Crippen molar-refractivity contribution in [1.82, 2.24) is 0 Å². The van der Waals surface area contributed by atoms with E-state index >= 15 is 0 Å². The Labute approximate surface area is 234 Å². The number of benzene rings is 5. The third-order valence-electron chi connectivity index (χ3n) is 9.15. The molecule has 0 aliphatic heterocycles. The van der Waals surface area contributed by atoms with Crippen molar-refractivity contribution >= 4 is 0 Å². The minimum Gasteiger partial charge on any atom is -0.0776 e. The first-order chi connectivity index (χ1) is 18.1. The molecule has 0 nitrogen and oxygen atoms in total. The molecule has 0 fully saturated rings. The summed E-state index contributed by atoms with van der Waals surface area (Å²) in [5.41, 5.74) is 19.0. The molecule has 0 atom stereocenters. The number of hydrogen-bond acceptors (Lipinski definition) is 0. The fourth-order valence-corrected chi connectivity index (χ4v) is 7.12. The van der Waals surface area contributed by atoms with Gasteiger partial charge in [0.1, 0.15) is 0 Å². The lowest BCUT2D eigenvalue weighted by Gasteiger charge is -2.23. The van der Waals surface area contributed by atoms with Crippen LogP contribution in [0, 0.1) is 13.8 Å². The molecule has 0 bridgehead atoms. The van der Waals surface area contributed by atoms with Crippen LogP contribution in [0.4, 0.5) is 0 Å². The summed E-state index contributed by atoms with van der Waals surface area (Å²) in [6.45, 7) is 13.9. The van der Waals surface area contributed by atoms with Gasteiger partial charge in [-0.25, -0.2) is 0 Å². The number of aryl methyl sites for hydroxylation is 2. The van der Waals surface area contributed by atoms with Crippen molar-refractivity contribution in [2.75, 3.05) is 0 Å². The quantitative estimate of drug-likeness (QED) is 0.223. The monoisotopic (exact) mass is 506 g/mol. The predicted octanol–water partition coefficient (Wildman–Crippen LogP) is 10.9. The van der Waals surface area contributed by atoms with Crippen molar-refractivity contribution in [3.05, 3.63) is 130 Å². The summed E-state index contributed by atoms with van der Waals surface area (Å²) in [6, 6.07) is 37.0. The number of rotatable bonds is 2. The highest BCUT2D eigenvalue weighted by Gasteiger charge is 2.37. The molecule has 0 spiro atoms. The van der Waals surface area contributed by atoms with E-state index in [2.05, 4.69) is 139 Å². The Morgan fingerprint density at radius 3 is 1.26 bits per heavy atom. The van der Waals surface area contributed by atoms with E-state index in [1.807, 2.05) is 0 Å². The van der Waals surface area contributed by atoms with Gasteiger partial charge >= 0.3 is 0 Å². The van der Waals surface area contributed by atoms with E-state index in [0.29, 0.717) is 0 Å². The second-order valence-electron chi connectivity index (χ2n) is 12.5. The molecule has 39 heavy (non-hydrogen) atoms. The molecule has 0 amide bonds. The Kier molecular flexibility index (Phi) is 5.57. The summed E-state index contributed by atoms with van der Waals surface area (Å²) in [6.07, 6.45) is 0. The van der Waals surface area contributed by atoms with Crippen molar-refractivity contribution in [1.29, 1.82) is 0 Å². The molecule has 0 heterocycles. The molecule has 194 valence electrons. The molecular weight excluding hydrogens is 468 g/mol. The zero-order chi connectivity index (χ0) is 26.4. The molecule has 0 aromatic heterocycles. The van der Waals surface area contributed by atoms with E-state index in [-0.39, 0.29) is 18.3 Å². The van der Waals surface area contributed by atoms with Gasteiger partial charge in [0.25, 0.3) is 0 Å². The van der Waals surface area contributed by atoms with Crippen LogP contribution in [0.25, 0.3) is 44.5 Å². The molecule has 7 rings (SSSR count). The number of fused-ring (bicyclic) bond motifs is 6. The standard InChI is InChI=1S/C38H34.CH4/c1-23-17-24(2)19-28(18-23)27-13-16-32-31-15-12-26(21-35(31)38(5,6)36(32)22-27)25-11-14-30-29-9-7-8-10-33(29)37(3,4)34(30)20-25;/h7-22H,1-6H3;1H4. The molecule has 5 aromatic carbocycles. The third kappa shape index (κ3) is 3.65. The summed E-state index contributed by atoms with van der Waals surface area (Å²) < 4.78 is 0. The topological polar surface area (TPSA) is 0 Å². The van der Waals surface area contributed by atoms with Crippen molar-refractivity contribution in [2.45, 2.75) is 59.8 Å². The molecule has 0 radical (unpaired) electrons. The summed E-state index contributed by atoms with van der Waals surface area (Å²) in [5.74, 6) is 0. The highest BCUT2D eigenvalue weighted by Crippen LogP contribution is 2.52. The number of hydrogen-bond donors (Lipinski definition) is 0. The third-order valence-corrected chi connectivity index (χ3v) is 9.15. The Bertz CT molecular complexity index is 1760. The summed E-state index contributed by atoms with van der Waals surface area (Å²) in [7, 11) is 0. The van der Waals surface area contributed by atoms with Crippen LogP contribution >= 0.6 is 0 Å². The van der Waals surface area contributed by atoms with Gasteiger partial charge in [0, 0.05) is 10.8 Å². The zero-order valence-corrected chi connectivity index (χ0v) is 23.2. The van der Waals surface area contributed by atoms with Crippen LogP contribution in [0.2, 0.25) is 0 Å². The van der Waals surface area contributed by atoms with Gasteiger partial charge in [0.2, 0.25) is 0 Å². The highest BCUT2D eigenvalue weighted by atomic mass is 14.4. The van der Waals surface area contributed by atoms with Crippen LogP contribution in [0.1, 0.15) is 68.5 Å². The molecule has 5 aromatic rings. The van der Waals surface area contributed by atoms with E-state index in [9.17, 15) is 0 Å². The molecule has 2 aliphatic rings. The van der Waals surface area contributed by atoms with Gasteiger partial charge < -0.3 is 0 Å². The van der Waals surface area contributed by atoms with Crippen LogP contribution in [0.3, 0.4) is 0 Å². The molecule has 0 heteroatoms. The summed E-state index contributed by atoms with van der Waals surface area (Å²) >= 11 is 0. The molecule has 0 N–H and O–H groups in total. The second kappa shape index (κ2) is 8.55. The first-order valence-corrected chi connectivity index (χ1v) is 13.8. The lowest BCUT2D eigenvalue weighted by molar-refractivity contribution is 0.659. The molecular formula is C39H38. The molecule has 0 saturated heterocycles. The Hall–Kier alpha value is -3.90. The maximum absolute atomic E-state index is 2.45. The van der Waals surface area contributed by atoms with Crippen molar-refractivity contribution in [3.8, 4) is 44.5 Å². The maximum Gasteiger partial charge on any atom is 0.0159 e. The van der Waals surface area contributed by atoms with E-state index in [0.717, 1.165) is 0 Å². The normalized spacial score (nSPS) is 15.1. The Balaban J connectivity index is 0.00000277. The van der Waals surface area contributed by atoms with Gasteiger partial charge in [0.05, 0.1) is 0 Å². The maximum atomic E-state index is 2.45. The van der Waals surface area contributed by atoms with Crippen LogP contribution in [-0.4, -0.2) is 0 Å². The van der Waals surface area contributed by atoms with Crippen LogP contribution in [0.5, 0.6) is 0 Å². The van der Waals surface area contributed by atoms with E-state index < -0.39 is 0 Å². The van der Waals surface area contributed by atoms with E-state index in [1.54, 1.807) is 0 Å². The fraction of sp³-hybridized carbons (Fsp3) is 0.231. The van der Waals surface area contributed by atoms with Gasteiger partial charge in [-0.2, -0.15) is 0 Å². The predicted molar refractivity (Wildman–Crippen MR) is 169 cm³/mol. The SMILES string of the molecule is C.Cc1cc(C)cc(-c2ccc3c(c2)C(C)(C)c2cc(-c4ccc5c(c4)C(C)(C)c4ccccc4-5)ccc2-3)c1. The van der Waals surface area contributed by atoms with Gasteiger partial charge in [-0.1, -0.05) is 125 Å². The molecule has 2 aliphatic carbocycles. The lowest BCUT2D eigenvalue weighted by Crippen LogP contribution is -2.15. The van der Waals surface area contributed by atoms with Crippen LogP contribution < -0.4 is 0 Å². The average Bonchev–Trinajstić information content (AvgIpc) is 3.27. The lowest BCUT2D eigenvalue weighted by atomic mass is 9.80. The summed E-state index contributed by atoms with van der Waals surface area (Å²) in [4.78, 5) is 0. The van der Waals surface area contributed by atoms with Crippen molar-refractivity contribution in [2.24, 2.45) is 0 Å². The van der Waals surface area contributed by atoms with Crippen LogP contribution in [-0.2, 0) is 10.8 Å². The van der Waals surface area contributed by atoms with Gasteiger partial charge in [-0.05, 0) is 98.8 Å². The van der Waals surface area contributed by atoms with Crippen molar-refractivity contribution < 1.29 is 0 Å². The smallest absolute Gasteiger partial charge is 0.0159 e. The zero-order valence-electron chi connectivity index (χ0n) is 23.2. The van der Waals surface area contributed by atoms with E-state index in [4.69, 9.17) is 0 Å². The molecule has 0 unspecified atom stereocenters. The van der Waals surface area contributed by atoms with Crippen molar-refractivity contribution in [3.63, 3.8) is 0 Å². The van der Waals surface area contributed by atoms with E-state index in [1.165, 1.54) is 77.9 Å². The Morgan fingerprint density at radius 2 is 0.769 bits per heavy atom. The minimum absolute atomic E-state index is 0. The highest BCUT2D eigenvalue weighted by molar-refractivity contribution is 5.87.